The van der Waals surface area contributed by atoms with Gasteiger partial charge < -0.3 is 15.0 Å². The Balaban J connectivity index is 1.69. The predicted molar refractivity (Wildman–Crippen MR) is 77.1 cm³/mol. The summed E-state index contributed by atoms with van der Waals surface area (Å²) >= 11 is 0. The van der Waals surface area contributed by atoms with Crippen LogP contribution in [-0.2, 0) is 6.61 Å². The van der Waals surface area contributed by atoms with E-state index in [2.05, 4.69) is 5.16 Å². The molecule has 20 heavy (non-hydrogen) atoms. The van der Waals surface area contributed by atoms with Gasteiger partial charge >= 0.3 is 0 Å². The highest BCUT2D eigenvalue weighted by atomic mass is 16.5. The van der Waals surface area contributed by atoms with E-state index in [1.807, 2.05) is 54.6 Å². The fourth-order valence-corrected chi connectivity index (χ4v) is 1.91. The van der Waals surface area contributed by atoms with E-state index in [9.17, 15) is 0 Å². The van der Waals surface area contributed by atoms with E-state index in [4.69, 9.17) is 15.0 Å². The predicted octanol–water partition coefficient (Wildman–Crippen LogP) is 3.50. The summed E-state index contributed by atoms with van der Waals surface area (Å²) in [5.41, 5.74) is 8.31. The molecular formula is C16H14N2O2. The van der Waals surface area contributed by atoms with Crippen LogP contribution in [0.4, 0.5) is 5.69 Å². The van der Waals surface area contributed by atoms with Crippen molar-refractivity contribution in [1.82, 2.24) is 5.16 Å². The summed E-state index contributed by atoms with van der Waals surface area (Å²) in [7, 11) is 0. The lowest BCUT2D eigenvalue weighted by atomic mass is 10.1. The molecule has 0 spiro atoms. The lowest BCUT2D eigenvalue weighted by Crippen LogP contribution is -1.94. The molecule has 0 radical (unpaired) electrons. The van der Waals surface area contributed by atoms with Gasteiger partial charge in [-0.1, -0.05) is 35.5 Å². The van der Waals surface area contributed by atoms with E-state index in [1.54, 1.807) is 0 Å². The Hall–Kier alpha value is -2.75. The van der Waals surface area contributed by atoms with Crippen LogP contribution in [-0.4, -0.2) is 5.16 Å². The van der Waals surface area contributed by atoms with Crippen LogP contribution in [0, 0.1) is 0 Å². The number of nitrogens with two attached hydrogens (primary N) is 1. The van der Waals surface area contributed by atoms with E-state index >= 15 is 0 Å². The average Bonchev–Trinajstić information content (AvgIpc) is 2.93. The molecule has 0 fully saturated rings. The third kappa shape index (κ3) is 2.64. The summed E-state index contributed by atoms with van der Waals surface area (Å²) in [5.74, 6) is 1.38. The van der Waals surface area contributed by atoms with Gasteiger partial charge in [-0.15, -0.1) is 0 Å². The maximum Gasteiger partial charge on any atom is 0.189 e. The summed E-state index contributed by atoms with van der Waals surface area (Å²) in [6.45, 7) is 0.546. The Morgan fingerprint density at radius 3 is 2.40 bits per heavy atom. The van der Waals surface area contributed by atoms with Crippen molar-refractivity contribution in [3.05, 3.63) is 66.4 Å². The van der Waals surface area contributed by atoms with Gasteiger partial charge in [0.25, 0.3) is 0 Å². The van der Waals surface area contributed by atoms with Crippen LogP contribution in [0.25, 0.3) is 11.3 Å². The molecular weight excluding hydrogens is 252 g/mol. The zero-order valence-electron chi connectivity index (χ0n) is 10.8. The molecule has 0 saturated carbocycles. The largest absolute Gasteiger partial charge is 0.489 e. The lowest BCUT2D eigenvalue weighted by molar-refractivity contribution is 0.306. The van der Waals surface area contributed by atoms with Crippen molar-refractivity contribution in [3.8, 4) is 17.1 Å². The van der Waals surface area contributed by atoms with Crippen molar-refractivity contribution in [3.63, 3.8) is 0 Å². The number of hydrogen-bond acceptors (Lipinski definition) is 4. The smallest absolute Gasteiger partial charge is 0.189 e. The number of nitrogen functional groups attached to an aromatic ring is 1. The zero-order chi connectivity index (χ0) is 13.8. The zero-order valence-corrected chi connectivity index (χ0v) is 10.8. The van der Waals surface area contributed by atoms with Gasteiger partial charge in [-0.3, -0.25) is 0 Å². The monoisotopic (exact) mass is 266 g/mol. The van der Waals surface area contributed by atoms with Crippen molar-refractivity contribution in [2.45, 2.75) is 6.61 Å². The molecule has 3 rings (SSSR count). The number of aromatic nitrogens is 1. The van der Waals surface area contributed by atoms with Crippen molar-refractivity contribution < 1.29 is 9.26 Å². The van der Waals surface area contributed by atoms with Gasteiger partial charge in [-0.25, -0.2) is 0 Å². The standard InChI is InChI=1S/C16H14N2O2/c17-15-10-18-20-16(15)13-6-8-14(9-7-13)19-11-12-4-2-1-3-5-12/h1-10H,11,17H2. The number of rotatable bonds is 4. The molecule has 0 amide bonds. The highest BCUT2D eigenvalue weighted by molar-refractivity contribution is 5.70. The maximum atomic E-state index is 5.76. The number of ether oxygens (including phenoxy) is 1. The number of hydrogen-bond donors (Lipinski definition) is 1. The van der Waals surface area contributed by atoms with Gasteiger partial charge in [0, 0.05) is 5.56 Å². The summed E-state index contributed by atoms with van der Waals surface area (Å²) in [6, 6.07) is 17.6. The van der Waals surface area contributed by atoms with E-state index in [0.29, 0.717) is 18.1 Å². The number of benzene rings is 2. The first-order valence-electron chi connectivity index (χ1n) is 6.30. The molecule has 1 aromatic heterocycles. The first-order chi connectivity index (χ1) is 9.83. The van der Waals surface area contributed by atoms with Crippen molar-refractivity contribution >= 4 is 5.69 Å². The molecule has 0 unspecified atom stereocenters. The minimum Gasteiger partial charge on any atom is -0.489 e. The Labute approximate surface area is 116 Å². The normalized spacial score (nSPS) is 10.4. The van der Waals surface area contributed by atoms with Crippen molar-refractivity contribution in [2.24, 2.45) is 0 Å². The molecule has 4 nitrogen and oxygen atoms in total. The Kier molecular flexibility index (Phi) is 3.37. The van der Waals surface area contributed by atoms with Crippen LogP contribution in [0.2, 0.25) is 0 Å². The van der Waals surface area contributed by atoms with Gasteiger partial charge in [0.15, 0.2) is 5.76 Å². The summed E-state index contributed by atoms with van der Waals surface area (Å²) in [5, 5.41) is 3.67. The quantitative estimate of drug-likeness (QED) is 0.785. The van der Waals surface area contributed by atoms with Crippen LogP contribution in [0.15, 0.2) is 65.3 Å². The second-order valence-electron chi connectivity index (χ2n) is 4.41. The van der Waals surface area contributed by atoms with Gasteiger partial charge in [0.2, 0.25) is 0 Å². The summed E-state index contributed by atoms with van der Waals surface area (Å²) in [4.78, 5) is 0. The third-order valence-electron chi connectivity index (χ3n) is 2.96. The summed E-state index contributed by atoms with van der Waals surface area (Å²) < 4.78 is 10.8. The van der Waals surface area contributed by atoms with Crippen LogP contribution in [0.3, 0.4) is 0 Å². The first kappa shape index (κ1) is 12.3. The molecule has 0 saturated heterocycles. The van der Waals surface area contributed by atoms with Gasteiger partial charge in [0.1, 0.15) is 18.0 Å². The number of anilines is 1. The van der Waals surface area contributed by atoms with Crippen molar-refractivity contribution in [2.75, 3.05) is 5.73 Å². The summed E-state index contributed by atoms with van der Waals surface area (Å²) in [6.07, 6.45) is 1.50. The van der Waals surface area contributed by atoms with Gasteiger partial charge in [-0.05, 0) is 29.8 Å². The SMILES string of the molecule is Nc1cnoc1-c1ccc(OCc2ccccc2)cc1. The fourth-order valence-electron chi connectivity index (χ4n) is 1.91. The molecule has 0 atom stereocenters. The molecule has 1 heterocycles. The van der Waals surface area contributed by atoms with Crippen LogP contribution in [0.1, 0.15) is 5.56 Å². The highest BCUT2D eigenvalue weighted by Crippen LogP contribution is 2.27. The molecule has 0 aliphatic carbocycles. The van der Waals surface area contributed by atoms with Crippen molar-refractivity contribution in [1.29, 1.82) is 0 Å². The Morgan fingerprint density at radius 1 is 1.00 bits per heavy atom. The van der Waals surface area contributed by atoms with Gasteiger partial charge in [-0.2, -0.15) is 0 Å². The van der Waals surface area contributed by atoms with E-state index in [0.717, 1.165) is 16.9 Å². The minimum atomic E-state index is 0.531. The number of nitrogens with zero attached hydrogens (tertiary/aromatic N) is 1. The molecule has 0 bridgehead atoms. The van der Waals surface area contributed by atoms with Crippen LogP contribution in [0.5, 0.6) is 5.75 Å². The molecule has 2 aromatic carbocycles. The van der Waals surface area contributed by atoms with E-state index < -0.39 is 0 Å². The molecule has 100 valence electrons. The third-order valence-corrected chi connectivity index (χ3v) is 2.96. The molecule has 3 aromatic rings. The average molecular weight is 266 g/mol. The first-order valence-corrected chi connectivity index (χ1v) is 6.30. The molecule has 0 aliphatic heterocycles. The molecule has 2 N–H and O–H groups in total. The van der Waals surface area contributed by atoms with E-state index in [-0.39, 0.29) is 0 Å². The molecule has 0 aliphatic rings. The van der Waals surface area contributed by atoms with Crippen LogP contribution >= 0.6 is 0 Å². The van der Waals surface area contributed by atoms with Crippen LogP contribution < -0.4 is 10.5 Å². The highest BCUT2D eigenvalue weighted by Gasteiger charge is 2.07. The van der Waals surface area contributed by atoms with E-state index in [1.165, 1.54) is 6.20 Å². The second-order valence-corrected chi connectivity index (χ2v) is 4.41. The fraction of sp³-hybridized carbons (Fsp3) is 0.0625. The Morgan fingerprint density at radius 2 is 1.75 bits per heavy atom. The topological polar surface area (TPSA) is 61.3 Å². The molecule has 4 heteroatoms. The second kappa shape index (κ2) is 5.48. The van der Waals surface area contributed by atoms with Gasteiger partial charge in [0.05, 0.1) is 6.20 Å². The maximum absolute atomic E-state index is 5.76. The lowest BCUT2D eigenvalue weighted by Gasteiger charge is -2.06. The minimum absolute atomic E-state index is 0.531. The Bertz CT molecular complexity index is 675.